The lowest BCUT2D eigenvalue weighted by molar-refractivity contribution is -0.123. The van der Waals surface area contributed by atoms with E-state index >= 15 is 0 Å². The SMILES string of the molecule is CSc1ncc(C(=O)OC(C)C(=O)Nc2ccc(Cl)cc2)n1-c1ccccc1. The number of para-hydroxylation sites is 1. The molecule has 1 unspecified atom stereocenters. The Kier molecular flexibility index (Phi) is 6.38. The molecule has 1 aromatic heterocycles. The molecule has 0 aliphatic carbocycles. The molecule has 0 radical (unpaired) electrons. The fourth-order valence-corrected chi connectivity index (χ4v) is 3.17. The fraction of sp³-hybridized carbons (Fsp3) is 0.150. The summed E-state index contributed by atoms with van der Waals surface area (Å²) in [7, 11) is 0. The van der Waals surface area contributed by atoms with Crippen LogP contribution in [0.4, 0.5) is 5.69 Å². The average molecular weight is 416 g/mol. The third-order valence-corrected chi connectivity index (χ3v) is 4.81. The van der Waals surface area contributed by atoms with Gasteiger partial charge in [-0.15, -0.1) is 0 Å². The number of rotatable bonds is 6. The van der Waals surface area contributed by atoms with E-state index in [4.69, 9.17) is 16.3 Å². The van der Waals surface area contributed by atoms with Gasteiger partial charge in [-0.3, -0.25) is 9.36 Å². The third-order valence-electron chi connectivity index (χ3n) is 3.90. The monoisotopic (exact) mass is 415 g/mol. The van der Waals surface area contributed by atoms with E-state index in [1.54, 1.807) is 28.8 Å². The molecule has 1 heterocycles. The van der Waals surface area contributed by atoms with E-state index in [1.807, 2.05) is 36.6 Å². The number of imidazole rings is 1. The molecule has 144 valence electrons. The lowest BCUT2D eigenvalue weighted by Crippen LogP contribution is -2.30. The van der Waals surface area contributed by atoms with Crippen LogP contribution < -0.4 is 5.32 Å². The maximum atomic E-state index is 12.7. The summed E-state index contributed by atoms with van der Waals surface area (Å²) >= 11 is 7.25. The molecule has 0 aliphatic rings. The van der Waals surface area contributed by atoms with Crippen LogP contribution >= 0.6 is 23.4 Å². The van der Waals surface area contributed by atoms with Gasteiger partial charge in [-0.1, -0.05) is 41.6 Å². The van der Waals surface area contributed by atoms with Gasteiger partial charge in [0.15, 0.2) is 17.0 Å². The molecule has 1 amide bonds. The molecule has 1 atom stereocenters. The minimum Gasteiger partial charge on any atom is -0.448 e. The molecule has 1 N–H and O–H groups in total. The average Bonchev–Trinajstić information content (AvgIpc) is 3.14. The van der Waals surface area contributed by atoms with Crippen LogP contribution in [0.1, 0.15) is 17.4 Å². The maximum Gasteiger partial charge on any atom is 0.357 e. The minimum absolute atomic E-state index is 0.252. The zero-order valence-electron chi connectivity index (χ0n) is 15.3. The quantitative estimate of drug-likeness (QED) is 0.476. The first-order chi connectivity index (χ1) is 13.5. The number of ether oxygens (including phenoxy) is 1. The summed E-state index contributed by atoms with van der Waals surface area (Å²) in [5, 5.41) is 3.90. The van der Waals surface area contributed by atoms with E-state index < -0.39 is 18.0 Å². The van der Waals surface area contributed by atoms with Gasteiger partial charge in [0, 0.05) is 16.4 Å². The highest BCUT2D eigenvalue weighted by molar-refractivity contribution is 7.98. The number of nitrogens with zero attached hydrogens (tertiary/aromatic N) is 2. The standard InChI is InChI=1S/C20H18ClN3O3S/c1-13(18(25)23-15-10-8-14(21)9-11-15)27-19(26)17-12-22-20(28-2)24(17)16-6-4-3-5-7-16/h3-13H,1-2H3,(H,23,25). The fourth-order valence-electron chi connectivity index (χ4n) is 2.50. The van der Waals surface area contributed by atoms with Crippen molar-refractivity contribution in [1.29, 1.82) is 0 Å². The van der Waals surface area contributed by atoms with Crippen molar-refractivity contribution < 1.29 is 14.3 Å². The van der Waals surface area contributed by atoms with Gasteiger partial charge in [-0.25, -0.2) is 9.78 Å². The number of thioether (sulfide) groups is 1. The van der Waals surface area contributed by atoms with Gasteiger partial charge in [0.1, 0.15) is 0 Å². The molecule has 2 aromatic carbocycles. The summed E-state index contributed by atoms with van der Waals surface area (Å²) in [4.78, 5) is 29.3. The number of esters is 1. The first kappa shape index (κ1) is 20.0. The van der Waals surface area contributed by atoms with E-state index in [9.17, 15) is 9.59 Å². The molecular weight excluding hydrogens is 398 g/mol. The van der Waals surface area contributed by atoms with E-state index in [2.05, 4.69) is 10.3 Å². The second-order valence-electron chi connectivity index (χ2n) is 5.84. The molecule has 0 aliphatic heterocycles. The van der Waals surface area contributed by atoms with Gasteiger partial charge in [0.2, 0.25) is 0 Å². The summed E-state index contributed by atoms with van der Waals surface area (Å²) < 4.78 is 7.07. The summed E-state index contributed by atoms with van der Waals surface area (Å²) in [6, 6.07) is 16.0. The van der Waals surface area contributed by atoms with Gasteiger partial charge < -0.3 is 10.1 Å². The first-order valence-corrected chi connectivity index (χ1v) is 10.0. The predicted molar refractivity (Wildman–Crippen MR) is 110 cm³/mol. The smallest absolute Gasteiger partial charge is 0.357 e. The van der Waals surface area contributed by atoms with E-state index in [0.29, 0.717) is 15.9 Å². The maximum absolute atomic E-state index is 12.7. The summed E-state index contributed by atoms with van der Waals surface area (Å²) in [6.45, 7) is 1.52. The highest BCUT2D eigenvalue weighted by atomic mass is 35.5. The van der Waals surface area contributed by atoms with Crippen molar-refractivity contribution in [2.24, 2.45) is 0 Å². The van der Waals surface area contributed by atoms with Crippen molar-refractivity contribution in [3.8, 4) is 5.69 Å². The largest absolute Gasteiger partial charge is 0.448 e. The number of hydrogen-bond donors (Lipinski definition) is 1. The Labute approximate surface area is 171 Å². The number of amides is 1. The number of aromatic nitrogens is 2. The zero-order chi connectivity index (χ0) is 20.1. The van der Waals surface area contributed by atoms with Crippen molar-refractivity contribution in [2.45, 2.75) is 18.2 Å². The number of halogens is 1. The van der Waals surface area contributed by atoms with E-state index in [-0.39, 0.29) is 5.69 Å². The van der Waals surface area contributed by atoms with Crippen LogP contribution in [0, 0.1) is 0 Å². The van der Waals surface area contributed by atoms with Gasteiger partial charge in [0.25, 0.3) is 5.91 Å². The number of benzene rings is 2. The van der Waals surface area contributed by atoms with Gasteiger partial charge >= 0.3 is 5.97 Å². The Hall–Kier alpha value is -2.77. The Balaban J connectivity index is 1.75. The third kappa shape index (κ3) is 4.55. The first-order valence-electron chi connectivity index (χ1n) is 8.44. The van der Waals surface area contributed by atoms with Gasteiger partial charge in [0.05, 0.1) is 6.20 Å². The second-order valence-corrected chi connectivity index (χ2v) is 7.05. The highest BCUT2D eigenvalue weighted by Crippen LogP contribution is 2.22. The van der Waals surface area contributed by atoms with E-state index in [0.717, 1.165) is 5.69 Å². The minimum atomic E-state index is -0.986. The Bertz CT molecular complexity index is 974. The van der Waals surface area contributed by atoms with Gasteiger partial charge in [-0.2, -0.15) is 0 Å². The molecule has 8 heteroatoms. The molecule has 3 aromatic rings. The summed E-state index contributed by atoms with van der Waals surface area (Å²) in [6.07, 6.45) is 2.34. The van der Waals surface area contributed by atoms with E-state index in [1.165, 1.54) is 24.9 Å². The molecule has 0 saturated heterocycles. The van der Waals surface area contributed by atoms with Crippen molar-refractivity contribution >= 4 is 40.9 Å². The van der Waals surface area contributed by atoms with Crippen LogP contribution in [0.5, 0.6) is 0 Å². The summed E-state index contributed by atoms with van der Waals surface area (Å²) in [5.41, 5.74) is 1.60. The zero-order valence-corrected chi connectivity index (χ0v) is 16.8. The number of nitrogens with one attached hydrogen (secondary N) is 1. The van der Waals surface area contributed by atoms with Gasteiger partial charge in [-0.05, 0) is 49.6 Å². The van der Waals surface area contributed by atoms with Crippen molar-refractivity contribution in [3.63, 3.8) is 0 Å². The lowest BCUT2D eigenvalue weighted by atomic mass is 10.3. The number of carbonyl (C=O) groups is 2. The molecule has 28 heavy (non-hydrogen) atoms. The van der Waals surface area contributed by atoms with Crippen LogP contribution in [-0.2, 0) is 9.53 Å². The molecule has 0 bridgehead atoms. The van der Waals surface area contributed by atoms with Crippen LogP contribution in [-0.4, -0.2) is 33.8 Å². The van der Waals surface area contributed by atoms with Crippen LogP contribution in [0.15, 0.2) is 66.0 Å². The Morgan fingerprint density at radius 3 is 2.46 bits per heavy atom. The topological polar surface area (TPSA) is 73.2 Å². The molecule has 6 nitrogen and oxygen atoms in total. The van der Waals surface area contributed by atoms with Crippen molar-refractivity contribution in [2.75, 3.05) is 11.6 Å². The molecule has 3 rings (SSSR count). The van der Waals surface area contributed by atoms with Crippen LogP contribution in [0.25, 0.3) is 5.69 Å². The predicted octanol–water partition coefficient (Wildman–Crippen LogP) is 4.43. The summed E-state index contributed by atoms with van der Waals surface area (Å²) in [5.74, 6) is -1.07. The van der Waals surface area contributed by atoms with Crippen LogP contribution in [0.2, 0.25) is 5.02 Å². The van der Waals surface area contributed by atoms with Crippen molar-refractivity contribution in [3.05, 3.63) is 71.5 Å². The number of anilines is 1. The number of hydrogen-bond acceptors (Lipinski definition) is 5. The van der Waals surface area contributed by atoms with Crippen molar-refractivity contribution in [1.82, 2.24) is 9.55 Å². The van der Waals surface area contributed by atoms with Crippen LogP contribution in [0.3, 0.4) is 0 Å². The molecular formula is C20H18ClN3O3S. The number of carbonyl (C=O) groups excluding carboxylic acids is 2. The highest BCUT2D eigenvalue weighted by Gasteiger charge is 2.24. The molecule has 0 saturated carbocycles. The second kappa shape index (κ2) is 8.95. The lowest BCUT2D eigenvalue weighted by Gasteiger charge is -2.15. The molecule has 0 spiro atoms. The Morgan fingerprint density at radius 1 is 1.14 bits per heavy atom. The molecule has 0 fully saturated rings. The normalized spacial score (nSPS) is 11.7. The Morgan fingerprint density at radius 2 is 1.82 bits per heavy atom.